The van der Waals surface area contributed by atoms with Crippen LogP contribution in [0.2, 0.25) is 0 Å². The van der Waals surface area contributed by atoms with Crippen molar-refractivity contribution in [1.82, 2.24) is 10.2 Å². The first-order chi connectivity index (χ1) is 11.6. The number of aromatic hydroxyl groups is 1. The number of amides is 2. The van der Waals surface area contributed by atoms with E-state index < -0.39 is 0 Å². The maximum Gasteiger partial charge on any atom is 0.251 e. The van der Waals surface area contributed by atoms with E-state index in [2.05, 4.69) is 5.32 Å². The van der Waals surface area contributed by atoms with Crippen molar-refractivity contribution in [3.8, 4) is 5.75 Å². The van der Waals surface area contributed by atoms with Crippen molar-refractivity contribution in [1.29, 1.82) is 0 Å². The minimum atomic E-state index is -0.236. The molecule has 0 aromatic heterocycles. The van der Waals surface area contributed by atoms with Crippen molar-refractivity contribution in [3.05, 3.63) is 65.7 Å². The predicted octanol–water partition coefficient (Wildman–Crippen LogP) is 2.17. The Bertz CT molecular complexity index is 730. The summed E-state index contributed by atoms with van der Waals surface area (Å²) in [6.45, 7) is 1.70. The number of benzene rings is 2. The Hall–Kier alpha value is -2.82. The molecule has 24 heavy (non-hydrogen) atoms. The minimum Gasteiger partial charge on any atom is -0.508 e. The maximum absolute atomic E-state index is 12.1. The van der Waals surface area contributed by atoms with Crippen LogP contribution in [-0.4, -0.2) is 34.9 Å². The number of phenols is 1. The molecule has 0 aliphatic carbocycles. The topological polar surface area (TPSA) is 69.6 Å². The highest BCUT2D eigenvalue weighted by atomic mass is 16.3. The second-order valence-electron chi connectivity index (χ2n) is 6.09. The number of nitrogens with zero attached hydrogens (tertiary/aromatic N) is 1. The Labute approximate surface area is 140 Å². The van der Waals surface area contributed by atoms with Gasteiger partial charge in [-0.15, -0.1) is 0 Å². The van der Waals surface area contributed by atoms with Gasteiger partial charge in [-0.3, -0.25) is 9.59 Å². The van der Waals surface area contributed by atoms with Gasteiger partial charge >= 0.3 is 0 Å². The van der Waals surface area contributed by atoms with Crippen LogP contribution in [0.5, 0.6) is 5.75 Å². The van der Waals surface area contributed by atoms with Crippen LogP contribution in [-0.2, 0) is 11.3 Å². The lowest BCUT2D eigenvalue weighted by molar-refractivity contribution is -0.128. The molecule has 1 heterocycles. The molecule has 2 N–H and O–H groups in total. The summed E-state index contributed by atoms with van der Waals surface area (Å²) in [5.74, 6) is 0.0607. The van der Waals surface area contributed by atoms with E-state index in [4.69, 9.17) is 0 Å². The van der Waals surface area contributed by atoms with Gasteiger partial charge in [0.05, 0.1) is 0 Å². The maximum atomic E-state index is 12.1. The van der Waals surface area contributed by atoms with Crippen LogP contribution in [0, 0.1) is 5.92 Å². The van der Waals surface area contributed by atoms with Gasteiger partial charge in [0.15, 0.2) is 0 Å². The normalized spacial score (nSPS) is 17.1. The Morgan fingerprint density at radius 2 is 1.96 bits per heavy atom. The molecule has 3 rings (SSSR count). The fourth-order valence-corrected chi connectivity index (χ4v) is 2.93. The molecule has 124 valence electrons. The van der Waals surface area contributed by atoms with Gasteiger partial charge in [0.25, 0.3) is 5.91 Å². The third-order valence-corrected chi connectivity index (χ3v) is 4.17. The van der Waals surface area contributed by atoms with Gasteiger partial charge in [0, 0.05) is 37.5 Å². The third-order valence-electron chi connectivity index (χ3n) is 4.17. The monoisotopic (exact) mass is 324 g/mol. The first-order valence-electron chi connectivity index (χ1n) is 8.01. The molecular formula is C19H20N2O3. The summed E-state index contributed by atoms with van der Waals surface area (Å²) in [6.07, 6.45) is 0.452. The zero-order valence-corrected chi connectivity index (χ0v) is 13.3. The Morgan fingerprint density at radius 1 is 1.17 bits per heavy atom. The molecule has 0 radical (unpaired) electrons. The fraction of sp³-hybridized carbons (Fsp3) is 0.263. The number of hydrogen-bond donors (Lipinski definition) is 2. The minimum absolute atomic E-state index is 0.0627. The SMILES string of the molecule is O=C(NC[C@H]1CC(=O)N(Cc2ccccc2)C1)c1cccc(O)c1. The lowest BCUT2D eigenvalue weighted by Gasteiger charge is -2.17. The summed E-state index contributed by atoms with van der Waals surface area (Å²) in [5.41, 5.74) is 1.52. The van der Waals surface area contributed by atoms with Gasteiger partial charge in [-0.1, -0.05) is 36.4 Å². The van der Waals surface area contributed by atoms with Crippen molar-refractivity contribution >= 4 is 11.8 Å². The molecule has 1 atom stereocenters. The zero-order valence-electron chi connectivity index (χ0n) is 13.3. The molecule has 1 saturated heterocycles. The quantitative estimate of drug-likeness (QED) is 0.885. The van der Waals surface area contributed by atoms with Crippen LogP contribution in [0.25, 0.3) is 0 Å². The summed E-state index contributed by atoms with van der Waals surface area (Å²) >= 11 is 0. The van der Waals surface area contributed by atoms with E-state index in [9.17, 15) is 14.7 Å². The first-order valence-corrected chi connectivity index (χ1v) is 8.01. The van der Waals surface area contributed by atoms with Gasteiger partial charge in [0.2, 0.25) is 5.91 Å². The Kier molecular flexibility index (Phi) is 4.79. The van der Waals surface area contributed by atoms with E-state index in [1.54, 1.807) is 12.1 Å². The van der Waals surface area contributed by atoms with Crippen LogP contribution in [0.1, 0.15) is 22.3 Å². The van der Waals surface area contributed by atoms with Crippen molar-refractivity contribution < 1.29 is 14.7 Å². The van der Waals surface area contributed by atoms with Crippen LogP contribution >= 0.6 is 0 Å². The van der Waals surface area contributed by atoms with Crippen molar-refractivity contribution in [2.75, 3.05) is 13.1 Å². The number of rotatable bonds is 5. The molecule has 1 aliphatic heterocycles. The standard InChI is InChI=1S/C19H20N2O3/c22-17-8-4-7-16(10-17)19(24)20-11-15-9-18(23)21(13-15)12-14-5-2-1-3-6-14/h1-8,10,15,22H,9,11-13H2,(H,20,24)/t15-/m1/s1. The van der Waals surface area contributed by atoms with E-state index in [1.807, 2.05) is 35.2 Å². The first kappa shape index (κ1) is 16.1. The highest BCUT2D eigenvalue weighted by Crippen LogP contribution is 2.20. The molecule has 5 nitrogen and oxygen atoms in total. The van der Waals surface area contributed by atoms with Crippen LogP contribution in [0.4, 0.5) is 0 Å². The van der Waals surface area contributed by atoms with Crippen LogP contribution in [0.15, 0.2) is 54.6 Å². The van der Waals surface area contributed by atoms with Crippen LogP contribution < -0.4 is 5.32 Å². The summed E-state index contributed by atoms with van der Waals surface area (Å²) < 4.78 is 0. The Balaban J connectivity index is 1.52. The summed E-state index contributed by atoms with van der Waals surface area (Å²) in [7, 11) is 0. The highest BCUT2D eigenvalue weighted by Gasteiger charge is 2.29. The van der Waals surface area contributed by atoms with Gasteiger partial charge in [-0.05, 0) is 23.8 Å². The largest absolute Gasteiger partial charge is 0.508 e. The number of likely N-dealkylation sites (tertiary alicyclic amines) is 1. The van der Waals surface area contributed by atoms with E-state index in [1.165, 1.54) is 12.1 Å². The molecule has 0 spiro atoms. The van der Waals surface area contributed by atoms with Gasteiger partial charge in [-0.2, -0.15) is 0 Å². The highest BCUT2D eigenvalue weighted by molar-refractivity contribution is 5.94. The van der Waals surface area contributed by atoms with E-state index in [0.29, 0.717) is 31.6 Å². The second-order valence-corrected chi connectivity index (χ2v) is 6.09. The third kappa shape index (κ3) is 3.93. The van der Waals surface area contributed by atoms with Gasteiger partial charge in [-0.25, -0.2) is 0 Å². The molecule has 2 aromatic carbocycles. The average molecular weight is 324 g/mol. The summed E-state index contributed by atoms with van der Waals surface area (Å²) in [5, 5.41) is 12.3. The fourth-order valence-electron chi connectivity index (χ4n) is 2.93. The van der Waals surface area contributed by atoms with Crippen LogP contribution in [0.3, 0.4) is 0 Å². The number of nitrogens with one attached hydrogen (secondary N) is 1. The number of carbonyl (C=O) groups excluding carboxylic acids is 2. The van der Waals surface area contributed by atoms with Crippen molar-refractivity contribution in [3.63, 3.8) is 0 Å². The molecule has 0 bridgehead atoms. The lowest BCUT2D eigenvalue weighted by atomic mass is 10.1. The van der Waals surface area contributed by atoms with Crippen molar-refractivity contribution in [2.45, 2.75) is 13.0 Å². The molecule has 0 saturated carbocycles. The molecule has 2 amide bonds. The second kappa shape index (κ2) is 7.17. The number of carbonyl (C=O) groups is 2. The van der Waals surface area contributed by atoms with E-state index in [0.717, 1.165) is 5.56 Å². The smallest absolute Gasteiger partial charge is 0.251 e. The molecule has 1 aliphatic rings. The molecule has 1 fully saturated rings. The van der Waals surface area contributed by atoms with Gasteiger partial charge in [0.1, 0.15) is 5.75 Å². The van der Waals surface area contributed by atoms with E-state index in [-0.39, 0.29) is 23.5 Å². The summed E-state index contributed by atoms with van der Waals surface area (Å²) in [4.78, 5) is 26.0. The molecular weight excluding hydrogens is 304 g/mol. The summed E-state index contributed by atoms with van der Waals surface area (Å²) in [6, 6.07) is 16.1. The Morgan fingerprint density at radius 3 is 2.71 bits per heavy atom. The predicted molar refractivity (Wildman–Crippen MR) is 90.4 cm³/mol. The molecule has 5 heteroatoms. The molecule has 2 aromatic rings. The molecule has 0 unspecified atom stereocenters. The zero-order chi connectivity index (χ0) is 16.9. The lowest BCUT2D eigenvalue weighted by Crippen LogP contribution is -2.31. The number of phenolic OH excluding ortho intramolecular Hbond substituents is 1. The number of hydrogen-bond acceptors (Lipinski definition) is 3. The van der Waals surface area contributed by atoms with Gasteiger partial charge < -0.3 is 15.3 Å². The van der Waals surface area contributed by atoms with Crippen molar-refractivity contribution in [2.24, 2.45) is 5.92 Å². The average Bonchev–Trinajstić information content (AvgIpc) is 2.93. The van der Waals surface area contributed by atoms with E-state index >= 15 is 0 Å².